The second-order valence-corrected chi connectivity index (χ2v) is 3.93. The highest BCUT2D eigenvalue weighted by Gasteiger charge is 2.27. The largest absolute Gasteiger partial charge is 0.287 e. The molecule has 0 aliphatic carbocycles. The second-order valence-electron chi connectivity index (χ2n) is 1.86. The van der Waals surface area contributed by atoms with Gasteiger partial charge in [-0.1, -0.05) is 6.92 Å². The van der Waals surface area contributed by atoms with E-state index in [0.29, 0.717) is 9.39 Å². The summed E-state index contributed by atoms with van der Waals surface area (Å²) in [6.45, 7) is 1.92. The van der Waals surface area contributed by atoms with Crippen molar-refractivity contribution in [2.24, 2.45) is 0 Å². The molecule has 0 aromatic heterocycles. The monoisotopic (exact) mass is 235 g/mol. The molecule has 1 aliphatic rings. The van der Waals surface area contributed by atoms with Gasteiger partial charge in [-0.3, -0.25) is 14.9 Å². The molecular formula is C6H6BrNO2S. The van der Waals surface area contributed by atoms with Gasteiger partial charge < -0.3 is 0 Å². The average Bonchev–Trinajstić information content (AvgIpc) is 2.17. The minimum absolute atomic E-state index is 0.297. The minimum atomic E-state index is -0.342. The smallest absolute Gasteiger partial charge is 0.266 e. The van der Waals surface area contributed by atoms with Crippen molar-refractivity contribution in [3.8, 4) is 0 Å². The first-order valence-electron chi connectivity index (χ1n) is 3.05. The molecule has 2 amide bonds. The Morgan fingerprint density at radius 2 is 2.09 bits per heavy atom. The zero-order valence-electron chi connectivity index (χ0n) is 5.81. The normalized spacial score (nSPS) is 17.6. The molecule has 1 N–H and O–H groups in total. The van der Waals surface area contributed by atoms with Crippen LogP contribution in [0.4, 0.5) is 0 Å². The molecule has 0 aromatic rings. The van der Waals surface area contributed by atoms with E-state index >= 15 is 0 Å². The highest BCUT2D eigenvalue weighted by atomic mass is 79.9. The fourth-order valence-corrected chi connectivity index (χ4v) is 2.00. The highest BCUT2D eigenvalue weighted by molar-refractivity contribution is 9.12. The number of halogens is 1. The van der Waals surface area contributed by atoms with Crippen molar-refractivity contribution < 1.29 is 9.59 Å². The topological polar surface area (TPSA) is 46.2 Å². The van der Waals surface area contributed by atoms with Gasteiger partial charge in [0.1, 0.15) is 4.48 Å². The number of imide groups is 1. The number of amides is 2. The molecule has 3 nitrogen and oxygen atoms in total. The molecule has 11 heavy (non-hydrogen) atoms. The van der Waals surface area contributed by atoms with Crippen LogP contribution in [-0.4, -0.2) is 17.6 Å². The second kappa shape index (κ2) is 3.40. The van der Waals surface area contributed by atoms with Crippen LogP contribution in [0.1, 0.15) is 6.92 Å². The van der Waals surface area contributed by atoms with Crippen LogP contribution in [0.15, 0.2) is 9.39 Å². The summed E-state index contributed by atoms with van der Waals surface area (Å²) >= 11 is 4.40. The maximum Gasteiger partial charge on any atom is 0.266 e. The quantitative estimate of drug-likeness (QED) is 0.727. The molecule has 5 heteroatoms. The van der Waals surface area contributed by atoms with Gasteiger partial charge in [0.25, 0.3) is 11.8 Å². The van der Waals surface area contributed by atoms with Crippen LogP contribution in [0.5, 0.6) is 0 Å². The van der Waals surface area contributed by atoms with Crippen LogP contribution < -0.4 is 5.32 Å². The van der Waals surface area contributed by atoms with E-state index in [1.165, 1.54) is 11.8 Å². The lowest BCUT2D eigenvalue weighted by Gasteiger charge is -1.93. The van der Waals surface area contributed by atoms with Crippen molar-refractivity contribution >= 4 is 39.5 Å². The Bertz CT molecular complexity index is 249. The lowest BCUT2D eigenvalue weighted by atomic mass is 10.5. The molecule has 0 bridgehead atoms. The Balaban J connectivity index is 2.87. The zero-order valence-corrected chi connectivity index (χ0v) is 8.21. The van der Waals surface area contributed by atoms with Crippen molar-refractivity contribution in [2.75, 3.05) is 5.75 Å². The maximum absolute atomic E-state index is 10.9. The molecule has 0 spiro atoms. The van der Waals surface area contributed by atoms with Crippen LogP contribution in [0.2, 0.25) is 0 Å². The Kier molecular flexibility index (Phi) is 2.72. The molecule has 60 valence electrons. The average molecular weight is 236 g/mol. The first kappa shape index (κ1) is 8.80. The predicted octanol–water partition coefficient (Wildman–Crippen LogP) is 1.00. The molecule has 1 rings (SSSR count). The van der Waals surface area contributed by atoms with Crippen molar-refractivity contribution in [3.63, 3.8) is 0 Å². The molecule has 0 radical (unpaired) electrons. The van der Waals surface area contributed by atoms with E-state index in [4.69, 9.17) is 0 Å². The van der Waals surface area contributed by atoms with E-state index in [-0.39, 0.29) is 11.8 Å². The van der Waals surface area contributed by atoms with Gasteiger partial charge in [-0.05, 0) is 21.7 Å². The number of hydrogen-bond donors (Lipinski definition) is 1. The Labute approximate surface area is 76.7 Å². The van der Waals surface area contributed by atoms with Gasteiger partial charge in [-0.25, -0.2) is 0 Å². The number of thioether (sulfide) groups is 1. The molecule has 1 heterocycles. The maximum atomic E-state index is 10.9. The molecule has 0 saturated carbocycles. The van der Waals surface area contributed by atoms with Crippen LogP contribution in [0.3, 0.4) is 0 Å². The molecule has 0 atom stereocenters. The third kappa shape index (κ3) is 1.65. The Hall–Kier alpha value is -0.290. The SMILES string of the molecule is CCSC1=C(Br)C(=O)NC1=O. The third-order valence-electron chi connectivity index (χ3n) is 1.12. The van der Waals surface area contributed by atoms with Gasteiger partial charge in [0.2, 0.25) is 0 Å². The van der Waals surface area contributed by atoms with Gasteiger partial charge in [-0.2, -0.15) is 0 Å². The molecule has 1 aliphatic heterocycles. The summed E-state index contributed by atoms with van der Waals surface area (Å²) in [4.78, 5) is 22.2. The van der Waals surface area contributed by atoms with Gasteiger partial charge in [0.15, 0.2) is 0 Å². The summed E-state index contributed by atoms with van der Waals surface area (Å²) in [5.41, 5.74) is 0. The van der Waals surface area contributed by atoms with E-state index in [1.807, 2.05) is 6.92 Å². The Morgan fingerprint density at radius 3 is 2.45 bits per heavy atom. The van der Waals surface area contributed by atoms with Gasteiger partial charge >= 0.3 is 0 Å². The summed E-state index contributed by atoms with van der Waals surface area (Å²) in [5.74, 6) is 0.144. The summed E-state index contributed by atoms with van der Waals surface area (Å²) in [7, 11) is 0. The highest BCUT2D eigenvalue weighted by Crippen LogP contribution is 2.27. The van der Waals surface area contributed by atoms with E-state index in [1.54, 1.807) is 0 Å². The standard InChI is InChI=1S/C6H6BrNO2S/c1-2-11-4-3(7)5(9)8-6(4)10/h2H2,1H3,(H,8,9,10). The lowest BCUT2D eigenvalue weighted by molar-refractivity contribution is -0.123. The first-order chi connectivity index (χ1) is 5.16. The predicted molar refractivity (Wildman–Crippen MR) is 47.2 cm³/mol. The van der Waals surface area contributed by atoms with Crippen LogP contribution in [0, 0.1) is 0 Å². The number of rotatable bonds is 2. The van der Waals surface area contributed by atoms with E-state index in [9.17, 15) is 9.59 Å². The fourth-order valence-electron chi connectivity index (χ4n) is 0.691. The fraction of sp³-hybridized carbons (Fsp3) is 0.333. The summed E-state index contributed by atoms with van der Waals surface area (Å²) < 4.78 is 0.356. The summed E-state index contributed by atoms with van der Waals surface area (Å²) in [5, 5.41) is 2.18. The van der Waals surface area contributed by atoms with Gasteiger partial charge in [0.05, 0.1) is 4.91 Å². The van der Waals surface area contributed by atoms with Gasteiger partial charge in [0, 0.05) is 0 Å². The molecule has 0 aromatic carbocycles. The van der Waals surface area contributed by atoms with Crippen molar-refractivity contribution in [1.82, 2.24) is 5.32 Å². The molecule has 0 unspecified atom stereocenters. The van der Waals surface area contributed by atoms with E-state index in [0.717, 1.165) is 5.75 Å². The van der Waals surface area contributed by atoms with Crippen LogP contribution in [-0.2, 0) is 9.59 Å². The zero-order chi connectivity index (χ0) is 8.43. The molecular weight excluding hydrogens is 230 g/mol. The lowest BCUT2D eigenvalue weighted by Crippen LogP contribution is -2.22. The van der Waals surface area contributed by atoms with Gasteiger partial charge in [-0.15, -0.1) is 11.8 Å². The number of carbonyl (C=O) groups is 2. The van der Waals surface area contributed by atoms with E-state index < -0.39 is 0 Å². The minimum Gasteiger partial charge on any atom is -0.287 e. The first-order valence-corrected chi connectivity index (χ1v) is 4.83. The van der Waals surface area contributed by atoms with Crippen molar-refractivity contribution in [3.05, 3.63) is 9.39 Å². The van der Waals surface area contributed by atoms with Crippen molar-refractivity contribution in [1.29, 1.82) is 0 Å². The summed E-state index contributed by atoms with van der Waals surface area (Å²) in [6, 6.07) is 0. The molecule has 0 saturated heterocycles. The summed E-state index contributed by atoms with van der Waals surface area (Å²) in [6.07, 6.45) is 0. The Morgan fingerprint density at radius 1 is 1.45 bits per heavy atom. The molecule has 0 fully saturated rings. The third-order valence-corrected chi connectivity index (χ3v) is 3.11. The van der Waals surface area contributed by atoms with Crippen molar-refractivity contribution in [2.45, 2.75) is 6.92 Å². The van der Waals surface area contributed by atoms with E-state index in [2.05, 4.69) is 21.2 Å². The number of carbonyl (C=O) groups excluding carboxylic acids is 2. The van der Waals surface area contributed by atoms with Crippen LogP contribution >= 0.6 is 27.7 Å². The number of nitrogens with one attached hydrogen (secondary N) is 1. The van der Waals surface area contributed by atoms with Crippen LogP contribution in [0.25, 0.3) is 0 Å². The number of hydrogen-bond acceptors (Lipinski definition) is 3.